The van der Waals surface area contributed by atoms with Crippen LogP contribution in [0, 0.1) is 5.82 Å². The molecule has 0 atom stereocenters. The zero-order valence-corrected chi connectivity index (χ0v) is 13.1. The third-order valence-corrected chi connectivity index (χ3v) is 4.16. The molecule has 0 saturated heterocycles. The molecule has 0 aliphatic rings. The fourth-order valence-corrected chi connectivity index (χ4v) is 2.97. The lowest BCUT2D eigenvalue weighted by Crippen LogP contribution is -1.97. The highest BCUT2D eigenvalue weighted by Gasteiger charge is 2.10. The highest BCUT2D eigenvalue weighted by molar-refractivity contribution is 5.85. The van der Waals surface area contributed by atoms with Crippen molar-refractivity contribution in [1.82, 2.24) is 4.98 Å². The zero-order chi connectivity index (χ0) is 16.4. The van der Waals surface area contributed by atoms with E-state index in [0.29, 0.717) is 5.52 Å². The van der Waals surface area contributed by atoms with Crippen LogP contribution in [0.1, 0.15) is 11.3 Å². The van der Waals surface area contributed by atoms with Gasteiger partial charge in [0.05, 0.1) is 11.2 Å². The van der Waals surface area contributed by atoms with Gasteiger partial charge in [0, 0.05) is 23.4 Å². The van der Waals surface area contributed by atoms with E-state index >= 15 is 0 Å². The van der Waals surface area contributed by atoms with E-state index in [4.69, 9.17) is 4.98 Å². The van der Waals surface area contributed by atoms with E-state index in [1.54, 1.807) is 6.07 Å². The summed E-state index contributed by atoms with van der Waals surface area (Å²) in [5, 5.41) is 0.951. The van der Waals surface area contributed by atoms with E-state index in [-0.39, 0.29) is 5.82 Å². The average molecular weight is 313 g/mol. The van der Waals surface area contributed by atoms with Crippen LogP contribution in [-0.2, 0) is 6.42 Å². The van der Waals surface area contributed by atoms with Crippen molar-refractivity contribution in [2.45, 2.75) is 6.42 Å². The van der Waals surface area contributed by atoms with Crippen molar-refractivity contribution in [3.05, 3.63) is 102 Å². The molecule has 0 saturated carbocycles. The van der Waals surface area contributed by atoms with Crippen molar-refractivity contribution in [2.24, 2.45) is 0 Å². The molecular formula is C22H16FN. The van der Waals surface area contributed by atoms with Crippen molar-refractivity contribution in [2.75, 3.05) is 0 Å². The van der Waals surface area contributed by atoms with E-state index in [1.165, 1.54) is 17.7 Å². The van der Waals surface area contributed by atoms with Gasteiger partial charge in [-0.1, -0.05) is 60.7 Å². The summed E-state index contributed by atoms with van der Waals surface area (Å²) in [6, 6.07) is 27.3. The number of hydrogen-bond donors (Lipinski definition) is 0. The summed E-state index contributed by atoms with van der Waals surface area (Å²) >= 11 is 0. The molecule has 3 aromatic carbocycles. The first-order valence-electron chi connectivity index (χ1n) is 7.98. The number of pyridine rings is 1. The van der Waals surface area contributed by atoms with Gasteiger partial charge in [0.15, 0.2) is 0 Å². The topological polar surface area (TPSA) is 12.9 Å². The molecule has 4 rings (SSSR count). The van der Waals surface area contributed by atoms with E-state index in [9.17, 15) is 4.39 Å². The molecular weight excluding hydrogens is 297 g/mol. The van der Waals surface area contributed by atoms with Gasteiger partial charge < -0.3 is 0 Å². The lowest BCUT2D eigenvalue weighted by molar-refractivity contribution is 0.629. The number of benzene rings is 3. The van der Waals surface area contributed by atoms with Crippen LogP contribution >= 0.6 is 0 Å². The van der Waals surface area contributed by atoms with Gasteiger partial charge in [-0.15, -0.1) is 0 Å². The lowest BCUT2D eigenvalue weighted by atomic mass is 9.97. The molecule has 0 spiro atoms. The Morgan fingerprint density at radius 3 is 2.21 bits per heavy atom. The molecule has 0 aliphatic carbocycles. The summed E-state index contributed by atoms with van der Waals surface area (Å²) in [6.07, 6.45) is 0.720. The van der Waals surface area contributed by atoms with Crippen LogP contribution in [0.2, 0.25) is 0 Å². The van der Waals surface area contributed by atoms with Gasteiger partial charge in [0.1, 0.15) is 5.82 Å². The predicted molar refractivity (Wildman–Crippen MR) is 96.4 cm³/mol. The highest BCUT2D eigenvalue weighted by atomic mass is 19.1. The number of nitrogens with zero attached hydrogens (tertiary/aromatic N) is 1. The summed E-state index contributed by atoms with van der Waals surface area (Å²) in [6.45, 7) is 0. The molecule has 4 aromatic rings. The fourth-order valence-electron chi connectivity index (χ4n) is 2.97. The summed E-state index contributed by atoms with van der Waals surface area (Å²) in [4.78, 5) is 4.77. The molecule has 24 heavy (non-hydrogen) atoms. The number of rotatable bonds is 3. The van der Waals surface area contributed by atoms with Crippen LogP contribution in [0.15, 0.2) is 84.9 Å². The number of hydrogen-bond acceptors (Lipinski definition) is 1. The van der Waals surface area contributed by atoms with Crippen molar-refractivity contribution < 1.29 is 4.39 Å². The molecule has 0 N–H and O–H groups in total. The summed E-state index contributed by atoms with van der Waals surface area (Å²) in [5.74, 6) is -0.256. The molecule has 0 amide bonds. The minimum atomic E-state index is -0.256. The Labute approximate surface area is 140 Å². The molecule has 0 unspecified atom stereocenters. The quantitative estimate of drug-likeness (QED) is 0.477. The van der Waals surface area contributed by atoms with E-state index in [2.05, 4.69) is 30.3 Å². The first-order chi connectivity index (χ1) is 11.8. The molecule has 1 aromatic heterocycles. The van der Waals surface area contributed by atoms with Crippen LogP contribution in [0.4, 0.5) is 4.39 Å². The second-order valence-electron chi connectivity index (χ2n) is 5.85. The minimum Gasteiger partial charge on any atom is -0.252 e. The predicted octanol–water partition coefficient (Wildman–Crippen LogP) is 5.63. The molecule has 1 nitrogen and oxygen atoms in total. The van der Waals surface area contributed by atoms with Gasteiger partial charge in [0.25, 0.3) is 0 Å². The van der Waals surface area contributed by atoms with E-state index in [1.807, 2.05) is 36.4 Å². The first kappa shape index (κ1) is 14.6. The maximum atomic E-state index is 13.6. The molecule has 1 heterocycles. The van der Waals surface area contributed by atoms with Crippen LogP contribution in [0.5, 0.6) is 0 Å². The molecule has 0 aliphatic heterocycles. The first-order valence-corrected chi connectivity index (χ1v) is 7.98. The standard InChI is InChI=1S/C22H16FN/c23-19-12-11-18-14-20(17-9-5-2-6-10-17)22(24-21(18)15-19)13-16-7-3-1-4-8-16/h1-12,14-15H,13H2. The Kier molecular flexibility index (Phi) is 3.80. The van der Waals surface area contributed by atoms with Crippen molar-refractivity contribution in [3.63, 3.8) is 0 Å². The van der Waals surface area contributed by atoms with E-state index < -0.39 is 0 Å². The van der Waals surface area contributed by atoms with Crippen molar-refractivity contribution in [3.8, 4) is 11.1 Å². The van der Waals surface area contributed by atoms with E-state index in [0.717, 1.165) is 28.6 Å². The second kappa shape index (κ2) is 6.25. The summed E-state index contributed by atoms with van der Waals surface area (Å²) in [7, 11) is 0. The van der Waals surface area contributed by atoms with Crippen LogP contribution < -0.4 is 0 Å². The third kappa shape index (κ3) is 2.91. The smallest absolute Gasteiger partial charge is 0.125 e. The Hall–Kier alpha value is -3.00. The Morgan fingerprint density at radius 1 is 0.750 bits per heavy atom. The largest absolute Gasteiger partial charge is 0.252 e. The van der Waals surface area contributed by atoms with Crippen LogP contribution in [0.3, 0.4) is 0 Å². The second-order valence-corrected chi connectivity index (χ2v) is 5.85. The lowest BCUT2D eigenvalue weighted by Gasteiger charge is -2.11. The number of fused-ring (bicyclic) bond motifs is 1. The zero-order valence-electron chi connectivity index (χ0n) is 13.1. The van der Waals surface area contributed by atoms with Gasteiger partial charge in [-0.05, 0) is 29.3 Å². The fraction of sp³-hybridized carbons (Fsp3) is 0.0455. The van der Waals surface area contributed by atoms with Gasteiger partial charge >= 0.3 is 0 Å². The maximum Gasteiger partial charge on any atom is 0.125 e. The summed E-state index contributed by atoms with van der Waals surface area (Å²) in [5.41, 5.74) is 5.07. The molecule has 0 radical (unpaired) electrons. The van der Waals surface area contributed by atoms with Gasteiger partial charge in [-0.25, -0.2) is 4.39 Å². The number of halogens is 1. The minimum absolute atomic E-state index is 0.256. The SMILES string of the molecule is Fc1ccc2cc(-c3ccccc3)c(Cc3ccccc3)nc2c1. The monoisotopic (exact) mass is 313 g/mol. The van der Waals surface area contributed by atoms with Crippen LogP contribution in [-0.4, -0.2) is 4.98 Å². The Morgan fingerprint density at radius 2 is 1.46 bits per heavy atom. The third-order valence-electron chi connectivity index (χ3n) is 4.16. The molecule has 2 heteroatoms. The number of aromatic nitrogens is 1. The highest BCUT2D eigenvalue weighted by Crippen LogP contribution is 2.28. The van der Waals surface area contributed by atoms with Gasteiger partial charge in [0.2, 0.25) is 0 Å². The molecule has 0 bridgehead atoms. The molecule has 0 fully saturated rings. The maximum absolute atomic E-state index is 13.6. The van der Waals surface area contributed by atoms with Crippen molar-refractivity contribution in [1.29, 1.82) is 0 Å². The normalized spacial score (nSPS) is 10.9. The Balaban J connectivity index is 1.90. The van der Waals surface area contributed by atoms with Gasteiger partial charge in [-0.3, -0.25) is 4.98 Å². The molecule has 116 valence electrons. The van der Waals surface area contributed by atoms with Gasteiger partial charge in [-0.2, -0.15) is 0 Å². The van der Waals surface area contributed by atoms with Crippen LogP contribution in [0.25, 0.3) is 22.0 Å². The van der Waals surface area contributed by atoms with Crippen molar-refractivity contribution >= 4 is 10.9 Å². The average Bonchev–Trinajstić information content (AvgIpc) is 2.63. The Bertz CT molecular complexity index is 979. The summed E-state index contributed by atoms with van der Waals surface area (Å²) < 4.78 is 13.6.